The molecule has 7 nitrogen and oxygen atoms in total. The molecule has 4 aromatic rings. The van der Waals surface area contributed by atoms with Crippen molar-refractivity contribution in [2.24, 2.45) is 0 Å². The minimum Gasteiger partial charge on any atom is -0.412 e. The van der Waals surface area contributed by atoms with E-state index in [4.69, 9.17) is 4.42 Å². The quantitative estimate of drug-likeness (QED) is 0.508. The number of rotatable bonds is 1. The predicted octanol–water partition coefficient (Wildman–Crippen LogP) is 1.48. The summed E-state index contributed by atoms with van der Waals surface area (Å²) in [5.74, 6) is 0. The van der Waals surface area contributed by atoms with Gasteiger partial charge < -0.3 is 4.42 Å². The highest BCUT2D eigenvalue weighted by Crippen LogP contribution is 2.21. The van der Waals surface area contributed by atoms with Gasteiger partial charge >= 0.3 is 0 Å². The fourth-order valence-corrected chi connectivity index (χ4v) is 2.16. The number of fused-ring (bicyclic) bond motifs is 2. The van der Waals surface area contributed by atoms with Crippen molar-refractivity contribution < 1.29 is 4.42 Å². The van der Waals surface area contributed by atoms with Crippen LogP contribution in [0.15, 0.2) is 22.1 Å². The van der Waals surface area contributed by atoms with Crippen LogP contribution >= 0.6 is 11.3 Å². The Bertz CT molecular complexity index is 781. The second-order valence-corrected chi connectivity index (χ2v) is 4.33. The maximum absolute atomic E-state index is 4.91. The van der Waals surface area contributed by atoms with Gasteiger partial charge in [-0.25, -0.2) is 9.97 Å². The molecule has 0 amide bonds. The summed E-state index contributed by atoms with van der Waals surface area (Å²) in [5, 5.41) is 16.1. The van der Waals surface area contributed by atoms with Gasteiger partial charge in [-0.05, 0) is 12.1 Å². The summed E-state index contributed by atoms with van der Waals surface area (Å²) in [7, 11) is 0. The van der Waals surface area contributed by atoms with E-state index in [1.165, 1.54) is 11.3 Å². The topological polar surface area (TPSA) is 90.5 Å². The molecule has 0 saturated carbocycles. The minimum atomic E-state index is 0.349. The Balaban J connectivity index is 1.93. The first-order valence-corrected chi connectivity index (χ1v) is 5.86. The zero-order valence-electron chi connectivity index (χ0n) is 8.73. The van der Waals surface area contributed by atoms with Crippen molar-refractivity contribution in [3.8, 4) is 11.4 Å². The van der Waals surface area contributed by atoms with E-state index in [-0.39, 0.29) is 0 Å². The molecule has 8 heteroatoms. The van der Waals surface area contributed by atoms with E-state index in [1.54, 1.807) is 11.6 Å². The van der Waals surface area contributed by atoms with Crippen LogP contribution in [0.4, 0.5) is 0 Å². The standard InChI is InChI=1S/C10H3N6OS/c1-5(13-15-9-7(1)11-3-17-9)6-2-8-10(16-14-6)18-4-12-8/h1-2,4H. The number of nitrogens with zero attached hydrogens (tertiary/aromatic N) is 6. The number of oxazole rings is 1. The van der Waals surface area contributed by atoms with Crippen LogP contribution in [-0.4, -0.2) is 30.4 Å². The maximum atomic E-state index is 4.91. The van der Waals surface area contributed by atoms with Gasteiger partial charge in [0.05, 0.1) is 5.51 Å². The SMILES string of the molecule is [c]1nc2cc(-c3cc4ncsc4nn3)nnc2o1. The van der Waals surface area contributed by atoms with Crippen molar-refractivity contribution in [2.45, 2.75) is 0 Å². The van der Waals surface area contributed by atoms with Crippen LogP contribution in [0.2, 0.25) is 0 Å². The smallest absolute Gasteiger partial charge is 0.286 e. The van der Waals surface area contributed by atoms with Gasteiger partial charge in [-0.2, -0.15) is 0 Å². The first-order chi connectivity index (χ1) is 8.90. The van der Waals surface area contributed by atoms with Gasteiger partial charge in [-0.3, -0.25) is 0 Å². The molecular weight excluding hydrogens is 252 g/mol. The largest absolute Gasteiger partial charge is 0.412 e. The molecule has 0 aromatic carbocycles. The van der Waals surface area contributed by atoms with Gasteiger partial charge in [0.25, 0.3) is 12.1 Å². The average Bonchev–Trinajstić information content (AvgIpc) is 3.05. The molecule has 18 heavy (non-hydrogen) atoms. The minimum absolute atomic E-state index is 0.349. The molecule has 1 radical (unpaired) electrons. The highest BCUT2D eigenvalue weighted by Gasteiger charge is 2.09. The summed E-state index contributed by atoms with van der Waals surface area (Å²) in [6.45, 7) is 0. The first kappa shape index (κ1) is 9.54. The zero-order valence-corrected chi connectivity index (χ0v) is 9.55. The van der Waals surface area contributed by atoms with Crippen LogP contribution in [0.25, 0.3) is 33.0 Å². The fourth-order valence-electron chi connectivity index (χ4n) is 1.57. The van der Waals surface area contributed by atoms with E-state index in [0.717, 1.165) is 10.3 Å². The van der Waals surface area contributed by atoms with Crippen molar-refractivity contribution in [3.63, 3.8) is 0 Å². The van der Waals surface area contributed by atoms with Gasteiger partial charge in [-0.15, -0.1) is 31.7 Å². The maximum Gasteiger partial charge on any atom is 0.286 e. The first-order valence-electron chi connectivity index (χ1n) is 4.98. The summed E-state index contributed by atoms with van der Waals surface area (Å²) in [4.78, 5) is 8.88. The predicted molar refractivity (Wildman–Crippen MR) is 62.6 cm³/mol. The van der Waals surface area contributed by atoms with Crippen LogP contribution in [-0.2, 0) is 0 Å². The number of aromatic nitrogens is 6. The van der Waals surface area contributed by atoms with Gasteiger partial charge in [0.1, 0.15) is 22.4 Å². The van der Waals surface area contributed by atoms with Gasteiger partial charge in [0, 0.05) is 0 Å². The van der Waals surface area contributed by atoms with E-state index in [0.29, 0.717) is 22.6 Å². The molecular formula is C10H3N6OS. The van der Waals surface area contributed by atoms with Crippen LogP contribution in [0.5, 0.6) is 0 Å². The van der Waals surface area contributed by atoms with Gasteiger partial charge in [0.2, 0.25) is 0 Å². The summed E-state index contributed by atoms with van der Waals surface area (Å²) in [6, 6.07) is 3.54. The number of hydrogen-bond donors (Lipinski definition) is 0. The molecule has 0 aliphatic carbocycles. The fraction of sp³-hybridized carbons (Fsp3) is 0. The second kappa shape index (κ2) is 3.50. The van der Waals surface area contributed by atoms with E-state index in [1.807, 2.05) is 6.07 Å². The van der Waals surface area contributed by atoms with Crippen LogP contribution in [0, 0.1) is 6.39 Å². The van der Waals surface area contributed by atoms with E-state index in [9.17, 15) is 0 Å². The van der Waals surface area contributed by atoms with Crippen molar-refractivity contribution in [3.05, 3.63) is 24.0 Å². The normalized spacial score (nSPS) is 11.3. The molecule has 0 bridgehead atoms. The molecule has 0 unspecified atom stereocenters. The Morgan fingerprint density at radius 1 is 1.00 bits per heavy atom. The number of hydrogen-bond acceptors (Lipinski definition) is 8. The molecule has 4 heterocycles. The van der Waals surface area contributed by atoms with Gasteiger partial charge in [-0.1, -0.05) is 0 Å². The summed E-state index contributed by atoms with van der Waals surface area (Å²) < 4.78 is 4.91. The number of thiazole rings is 1. The molecule has 0 atom stereocenters. The second-order valence-electron chi connectivity index (χ2n) is 3.50. The molecule has 0 saturated heterocycles. The van der Waals surface area contributed by atoms with Crippen molar-refractivity contribution in [1.29, 1.82) is 0 Å². The lowest BCUT2D eigenvalue weighted by molar-refractivity contribution is 0.575. The zero-order chi connectivity index (χ0) is 11.9. The Hall–Kier alpha value is -2.48. The molecule has 0 fully saturated rings. The van der Waals surface area contributed by atoms with E-state index < -0.39 is 0 Å². The highest BCUT2D eigenvalue weighted by molar-refractivity contribution is 7.16. The molecule has 4 rings (SSSR count). The van der Waals surface area contributed by atoms with Crippen LogP contribution < -0.4 is 0 Å². The molecule has 4 aromatic heterocycles. The molecule has 0 N–H and O–H groups in total. The summed E-state index contributed by atoms with van der Waals surface area (Å²) >= 11 is 1.44. The Morgan fingerprint density at radius 3 is 2.78 bits per heavy atom. The highest BCUT2D eigenvalue weighted by atomic mass is 32.1. The third-order valence-electron chi connectivity index (χ3n) is 2.41. The van der Waals surface area contributed by atoms with E-state index >= 15 is 0 Å². The van der Waals surface area contributed by atoms with Crippen LogP contribution in [0.1, 0.15) is 0 Å². The molecule has 85 valence electrons. The third kappa shape index (κ3) is 1.36. The Kier molecular flexibility index (Phi) is 1.86. The lowest BCUT2D eigenvalue weighted by atomic mass is 10.2. The van der Waals surface area contributed by atoms with Gasteiger partial charge in [0.15, 0.2) is 4.83 Å². The van der Waals surface area contributed by atoms with Crippen LogP contribution in [0.3, 0.4) is 0 Å². The monoisotopic (exact) mass is 255 g/mol. The van der Waals surface area contributed by atoms with Crippen molar-refractivity contribution >= 4 is 32.9 Å². The third-order valence-corrected chi connectivity index (χ3v) is 3.13. The van der Waals surface area contributed by atoms with E-state index in [2.05, 4.69) is 36.8 Å². The lowest BCUT2D eigenvalue weighted by Gasteiger charge is -1.96. The average molecular weight is 255 g/mol. The molecule has 0 aliphatic heterocycles. The van der Waals surface area contributed by atoms with Crippen molar-refractivity contribution in [1.82, 2.24) is 30.4 Å². The Labute approximate surface area is 104 Å². The lowest BCUT2D eigenvalue weighted by Crippen LogP contribution is -1.92. The Morgan fingerprint density at radius 2 is 1.83 bits per heavy atom. The summed E-state index contributed by atoms with van der Waals surface area (Å²) in [6.07, 6.45) is 2.37. The molecule has 0 spiro atoms. The molecule has 0 aliphatic rings. The summed E-state index contributed by atoms with van der Waals surface area (Å²) in [5.41, 5.74) is 4.63. The van der Waals surface area contributed by atoms with Crippen molar-refractivity contribution in [2.75, 3.05) is 0 Å².